The first kappa shape index (κ1) is 13.9. The van der Waals surface area contributed by atoms with Gasteiger partial charge in [-0.1, -0.05) is 12.1 Å². The highest BCUT2D eigenvalue weighted by molar-refractivity contribution is 5.92. The Morgan fingerprint density at radius 3 is 3.00 bits per heavy atom. The summed E-state index contributed by atoms with van der Waals surface area (Å²) < 4.78 is 13.6. The Morgan fingerprint density at radius 1 is 1.43 bits per heavy atom. The van der Waals surface area contributed by atoms with Crippen molar-refractivity contribution in [2.75, 3.05) is 13.1 Å². The minimum absolute atomic E-state index is 0.0533. The van der Waals surface area contributed by atoms with Crippen LogP contribution in [0.4, 0.5) is 4.39 Å². The van der Waals surface area contributed by atoms with Crippen LogP contribution in [0.3, 0.4) is 0 Å². The molecule has 3 nitrogen and oxygen atoms in total. The third-order valence-corrected chi connectivity index (χ3v) is 4.16. The Morgan fingerprint density at radius 2 is 2.29 bits per heavy atom. The van der Waals surface area contributed by atoms with Crippen molar-refractivity contribution in [2.24, 2.45) is 5.92 Å². The molecule has 1 aromatic heterocycles. The van der Waals surface area contributed by atoms with Crippen molar-refractivity contribution in [3.05, 3.63) is 59.2 Å². The number of likely N-dealkylation sites (tertiary alicyclic amines) is 1. The van der Waals surface area contributed by atoms with Crippen LogP contribution in [-0.4, -0.2) is 28.9 Å². The maximum Gasteiger partial charge on any atom is 0.270 e. The zero-order valence-electron chi connectivity index (χ0n) is 12.1. The van der Waals surface area contributed by atoms with Gasteiger partial charge in [0.05, 0.1) is 0 Å². The molecule has 21 heavy (non-hydrogen) atoms. The predicted octanol–water partition coefficient (Wildman–Crippen LogP) is 3.17. The van der Waals surface area contributed by atoms with Crippen LogP contribution in [0.5, 0.6) is 0 Å². The molecule has 0 bridgehead atoms. The van der Waals surface area contributed by atoms with Gasteiger partial charge < -0.3 is 9.88 Å². The molecular weight excluding hydrogens is 267 g/mol. The van der Waals surface area contributed by atoms with Crippen molar-refractivity contribution >= 4 is 5.91 Å². The minimum atomic E-state index is -0.148. The van der Waals surface area contributed by atoms with Gasteiger partial charge in [0, 0.05) is 19.3 Å². The number of hydrogen-bond acceptors (Lipinski definition) is 1. The quantitative estimate of drug-likeness (QED) is 0.924. The summed E-state index contributed by atoms with van der Waals surface area (Å²) in [5.74, 6) is 0.313. The number of nitrogens with one attached hydrogen (secondary N) is 1. The Balaban J connectivity index is 1.62. The van der Waals surface area contributed by atoms with Crippen LogP contribution in [0, 0.1) is 18.7 Å². The van der Waals surface area contributed by atoms with Crippen molar-refractivity contribution < 1.29 is 9.18 Å². The summed E-state index contributed by atoms with van der Waals surface area (Å²) >= 11 is 0. The van der Waals surface area contributed by atoms with E-state index < -0.39 is 0 Å². The standard InChI is InChI=1S/C17H19FN2O/c1-12-4-5-13(10-15(12)18)9-14-6-8-20(11-14)17(21)16-3-2-7-19-16/h2-5,7,10,14,19H,6,8-9,11H2,1H3. The first-order valence-electron chi connectivity index (χ1n) is 7.31. The van der Waals surface area contributed by atoms with Crippen LogP contribution in [0.2, 0.25) is 0 Å². The molecule has 1 aliphatic heterocycles. The van der Waals surface area contributed by atoms with Gasteiger partial charge in [0.15, 0.2) is 0 Å². The summed E-state index contributed by atoms with van der Waals surface area (Å²) in [6.07, 6.45) is 3.56. The van der Waals surface area contributed by atoms with Crippen molar-refractivity contribution in [1.82, 2.24) is 9.88 Å². The highest BCUT2D eigenvalue weighted by Crippen LogP contribution is 2.23. The van der Waals surface area contributed by atoms with Gasteiger partial charge in [0.1, 0.15) is 11.5 Å². The number of H-pyrrole nitrogens is 1. The Hall–Kier alpha value is -2.10. The number of halogens is 1. The van der Waals surface area contributed by atoms with Crippen LogP contribution in [0.25, 0.3) is 0 Å². The molecule has 0 spiro atoms. The van der Waals surface area contributed by atoms with E-state index >= 15 is 0 Å². The average molecular weight is 286 g/mol. The molecule has 1 N–H and O–H groups in total. The molecule has 110 valence electrons. The molecule has 1 unspecified atom stereocenters. The maximum atomic E-state index is 13.6. The van der Waals surface area contributed by atoms with E-state index in [2.05, 4.69) is 4.98 Å². The number of benzene rings is 1. The fraction of sp³-hybridized carbons (Fsp3) is 0.353. The van der Waals surface area contributed by atoms with Crippen molar-refractivity contribution in [1.29, 1.82) is 0 Å². The van der Waals surface area contributed by atoms with Crippen molar-refractivity contribution in [3.63, 3.8) is 0 Å². The molecule has 1 aliphatic rings. The molecule has 3 rings (SSSR count). The Labute approximate surface area is 123 Å². The minimum Gasteiger partial charge on any atom is -0.357 e. The second-order valence-electron chi connectivity index (χ2n) is 5.78. The van der Waals surface area contributed by atoms with Gasteiger partial charge in [0.2, 0.25) is 0 Å². The van der Waals surface area contributed by atoms with Crippen LogP contribution < -0.4 is 0 Å². The van der Waals surface area contributed by atoms with Gasteiger partial charge in [-0.15, -0.1) is 0 Å². The summed E-state index contributed by atoms with van der Waals surface area (Å²) in [5, 5.41) is 0. The maximum absolute atomic E-state index is 13.6. The molecule has 2 aromatic rings. The molecule has 1 amide bonds. The molecule has 0 saturated carbocycles. The zero-order valence-corrected chi connectivity index (χ0v) is 12.1. The highest BCUT2D eigenvalue weighted by Gasteiger charge is 2.27. The number of rotatable bonds is 3. The van der Waals surface area contributed by atoms with Gasteiger partial charge in [-0.2, -0.15) is 0 Å². The SMILES string of the molecule is Cc1ccc(CC2CCN(C(=O)c3ccc[nH]3)C2)cc1F. The first-order valence-corrected chi connectivity index (χ1v) is 7.31. The Kier molecular flexibility index (Phi) is 3.78. The molecule has 0 radical (unpaired) electrons. The lowest BCUT2D eigenvalue weighted by molar-refractivity contribution is 0.0782. The van der Waals surface area contributed by atoms with E-state index in [1.54, 1.807) is 25.3 Å². The third-order valence-electron chi connectivity index (χ3n) is 4.16. The van der Waals surface area contributed by atoms with Crippen LogP contribution in [0.15, 0.2) is 36.5 Å². The fourth-order valence-corrected chi connectivity index (χ4v) is 2.91. The van der Waals surface area contributed by atoms with Gasteiger partial charge in [-0.3, -0.25) is 4.79 Å². The lowest BCUT2D eigenvalue weighted by atomic mass is 9.98. The summed E-state index contributed by atoms with van der Waals surface area (Å²) in [5.41, 5.74) is 2.32. The topological polar surface area (TPSA) is 36.1 Å². The lowest BCUT2D eigenvalue weighted by Crippen LogP contribution is -2.29. The number of amides is 1. The second kappa shape index (κ2) is 5.72. The van der Waals surface area contributed by atoms with Gasteiger partial charge in [-0.05, 0) is 55.0 Å². The number of carbonyl (C=O) groups is 1. The molecule has 0 aliphatic carbocycles. The summed E-state index contributed by atoms with van der Waals surface area (Å²) in [6.45, 7) is 3.29. The number of carbonyl (C=O) groups excluding carboxylic acids is 1. The van der Waals surface area contributed by atoms with E-state index in [1.807, 2.05) is 23.1 Å². The molecular formula is C17H19FN2O. The number of aromatic amines is 1. The largest absolute Gasteiger partial charge is 0.357 e. The molecule has 1 saturated heterocycles. The Bertz CT molecular complexity index is 636. The van der Waals surface area contributed by atoms with E-state index in [-0.39, 0.29) is 11.7 Å². The highest BCUT2D eigenvalue weighted by atomic mass is 19.1. The van der Waals surface area contributed by atoms with Crippen molar-refractivity contribution in [3.8, 4) is 0 Å². The van der Waals surface area contributed by atoms with Crippen molar-refractivity contribution in [2.45, 2.75) is 19.8 Å². The molecule has 2 heterocycles. The van der Waals surface area contributed by atoms with Crippen LogP contribution in [0.1, 0.15) is 28.0 Å². The summed E-state index contributed by atoms with van der Waals surface area (Å²) in [4.78, 5) is 17.1. The predicted molar refractivity (Wildman–Crippen MR) is 79.6 cm³/mol. The van der Waals surface area contributed by atoms with E-state index in [1.165, 1.54) is 0 Å². The van der Waals surface area contributed by atoms with Gasteiger partial charge >= 0.3 is 0 Å². The summed E-state index contributed by atoms with van der Waals surface area (Å²) in [6, 6.07) is 9.04. The molecule has 4 heteroatoms. The van der Waals surface area contributed by atoms with E-state index in [9.17, 15) is 9.18 Å². The fourth-order valence-electron chi connectivity index (χ4n) is 2.91. The number of hydrogen-bond donors (Lipinski definition) is 1. The second-order valence-corrected chi connectivity index (χ2v) is 5.78. The number of nitrogens with zero attached hydrogens (tertiary/aromatic N) is 1. The molecule has 1 atom stereocenters. The molecule has 1 fully saturated rings. The van der Waals surface area contributed by atoms with Crippen LogP contribution >= 0.6 is 0 Å². The first-order chi connectivity index (χ1) is 10.1. The van der Waals surface area contributed by atoms with Gasteiger partial charge in [0.25, 0.3) is 5.91 Å². The van der Waals surface area contributed by atoms with E-state index in [0.29, 0.717) is 17.2 Å². The summed E-state index contributed by atoms with van der Waals surface area (Å²) in [7, 11) is 0. The number of aromatic nitrogens is 1. The zero-order chi connectivity index (χ0) is 14.8. The van der Waals surface area contributed by atoms with Gasteiger partial charge in [-0.25, -0.2) is 4.39 Å². The lowest BCUT2D eigenvalue weighted by Gasteiger charge is -2.16. The monoisotopic (exact) mass is 286 g/mol. The number of aryl methyl sites for hydroxylation is 1. The van der Waals surface area contributed by atoms with E-state index in [4.69, 9.17) is 0 Å². The average Bonchev–Trinajstić information content (AvgIpc) is 3.13. The van der Waals surface area contributed by atoms with E-state index in [0.717, 1.165) is 31.5 Å². The molecule has 1 aromatic carbocycles. The smallest absolute Gasteiger partial charge is 0.270 e. The third kappa shape index (κ3) is 2.99. The normalized spacial score (nSPS) is 18.2. The van der Waals surface area contributed by atoms with Crippen LogP contribution in [-0.2, 0) is 6.42 Å².